The van der Waals surface area contributed by atoms with Crippen molar-refractivity contribution in [3.8, 4) is 0 Å². The first-order valence-electron chi connectivity index (χ1n) is 4.22. The summed E-state index contributed by atoms with van der Waals surface area (Å²) in [6.45, 7) is 0.926. The molecule has 1 aromatic carbocycles. The van der Waals surface area contributed by atoms with Crippen LogP contribution in [-0.4, -0.2) is 16.6 Å². The average Bonchev–Trinajstić information content (AvgIpc) is 2.39. The number of benzene rings is 1. The molecule has 4 nitrogen and oxygen atoms in total. The molecule has 2 heterocycles. The summed E-state index contributed by atoms with van der Waals surface area (Å²) in [5.41, 5.74) is 8.60. The lowest BCUT2D eigenvalue weighted by Crippen LogP contribution is -2.34. The number of anilines is 2. The summed E-state index contributed by atoms with van der Waals surface area (Å²) < 4.78 is 2.18. The Kier molecular flexibility index (Phi) is 1.02. The number of nitrogens with zero attached hydrogens (tertiary/aromatic N) is 3. The predicted molar refractivity (Wildman–Crippen MR) is 52.5 cm³/mol. The number of hydrogen-bond donors (Lipinski definition) is 1. The van der Waals surface area contributed by atoms with E-state index in [0.29, 0.717) is 0 Å². The first-order chi connectivity index (χ1) is 6.25. The lowest BCUT2D eigenvalue weighted by molar-refractivity contribution is 0.587. The van der Waals surface area contributed by atoms with Gasteiger partial charge in [0.15, 0.2) is 0 Å². The predicted octanol–water partition coefficient (Wildman–Crippen LogP) is 1.03. The van der Waals surface area contributed by atoms with Gasteiger partial charge in [0.25, 0.3) is 0 Å². The standard InChI is InChI=1S/C9H10N4/c1-12-5-13-8-3-2-6(10)4-7(8)11-9(12)13/h2-4H,5,10H2,1H3. The van der Waals surface area contributed by atoms with Gasteiger partial charge in [0.2, 0.25) is 5.95 Å². The van der Waals surface area contributed by atoms with Gasteiger partial charge in [-0.05, 0) is 18.2 Å². The number of hydrogen-bond acceptors (Lipinski definition) is 3. The Bertz CT molecular complexity index is 486. The summed E-state index contributed by atoms with van der Waals surface area (Å²) in [4.78, 5) is 6.56. The SMILES string of the molecule is CN1Cn2c1nc1cc(N)ccc12. The van der Waals surface area contributed by atoms with Crippen molar-refractivity contribution in [2.45, 2.75) is 6.67 Å². The van der Waals surface area contributed by atoms with E-state index in [4.69, 9.17) is 5.73 Å². The van der Waals surface area contributed by atoms with Crippen molar-refractivity contribution >= 4 is 22.7 Å². The molecule has 0 amide bonds. The van der Waals surface area contributed by atoms with Crippen LogP contribution in [0, 0.1) is 0 Å². The van der Waals surface area contributed by atoms with Crippen LogP contribution in [0.4, 0.5) is 11.6 Å². The number of nitrogen functional groups attached to an aromatic ring is 1. The highest BCUT2D eigenvalue weighted by Gasteiger charge is 2.22. The van der Waals surface area contributed by atoms with Crippen LogP contribution in [0.1, 0.15) is 0 Å². The van der Waals surface area contributed by atoms with E-state index in [1.807, 2.05) is 25.2 Å². The minimum atomic E-state index is 0.772. The van der Waals surface area contributed by atoms with Crippen molar-refractivity contribution in [1.29, 1.82) is 0 Å². The highest BCUT2D eigenvalue weighted by atomic mass is 15.5. The minimum absolute atomic E-state index is 0.772. The Labute approximate surface area is 75.6 Å². The highest BCUT2D eigenvalue weighted by Crippen LogP contribution is 2.29. The Morgan fingerprint density at radius 3 is 3.08 bits per heavy atom. The van der Waals surface area contributed by atoms with Crippen molar-refractivity contribution < 1.29 is 0 Å². The van der Waals surface area contributed by atoms with Crippen LogP contribution in [0.2, 0.25) is 0 Å². The monoisotopic (exact) mass is 174 g/mol. The van der Waals surface area contributed by atoms with Gasteiger partial charge in [-0.3, -0.25) is 4.57 Å². The van der Waals surface area contributed by atoms with Gasteiger partial charge in [0, 0.05) is 12.7 Å². The molecule has 4 heteroatoms. The van der Waals surface area contributed by atoms with E-state index in [-0.39, 0.29) is 0 Å². The fourth-order valence-corrected chi connectivity index (χ4v) is 1.76. The Balaban J connectivity index is 2.37. The molecule has 13 heavy (non-hydrogen) atoms. The zero-order valence-electron chi connectivity index (χ0n) is 7.36. The molecular formula is C9H10N4. The molecule has 1 aliphatic heterocycles. The largest absolute Gasteiger partial charge is 0.399 e. The molecule has 2 N–H and O–H groups in total. The number of imidazole rings is 1. The Hall–Kier alpha value is -1.71. The molecule has 0 radical (unpaired) electrons. The molecule has 1 aliphatic rings. The normalized spacial score (nSPS) is 14.4. The molecule has 0 bridgehead atoms. The molecule has 0 aliphatic carbocycles. The minimum Gasteiger partial charge on any atom is -0.399 e. The fraction of sp³-hybridized carbons (Fsp3) is 0.222. The lowest BCUT2D eigenvalue weighted by atomic mass is 10.3. The van der Waals surface area contributed by atoms with Gasteiger partial charge in [-0.15, -0.1) is 0 Å². The van der Waals surface area contributed by atoms with E-state index in [0.717, 1.165) is 23.8 Å². The molecule has 0 saturated carbocycles. The Morgan fingerprint density at radius 2 is 2.31 bits per heavy atom. The summed E-state index contributed by atoms with van der Waals surface area (Å²) in [7, 11) is 2.03. The molecule has 0 fully saturated rings. The number of nitrogens with two attached hydrogens (primary N) is 1. The van der Waals surface area contributed by atoms with E-state index in [9.17, 15) is 0 Å². The third-order valence-electron chi connectivity index (χ3n) is 2.45. The fourth-order valence-electron chi connectivity index (χ4n) is 1.76. The summed E-state index contributed by atoms with van der Waals surface area (Å²) >= 11 is 0. The van der Waals surface area contributed by atoms with Crippen molar-refractivity contribution in [2.75, 3.05) is 17.7 Å². The quantitative estimate of drug-likeness (QED) is 0.607. The Morgan fingerprint density at radius 1 is 1.46 bits per heavy atom. The zero-order valence-corrected chi connectivity index (χ0v) is 7.36. The van der Waals surface area contributed by atoms with Crippen LogP contribution in [0.15, 0.2) is 18.2 Å². The topological polar surface area (TPSA) is 47.1 Å². The third-order valence-corrected chi connectivity index (χ3v) is 2.45. The first-order valence-corrected chi connectivity index (χ1v) is 4.22. The molecule has 0 atom stereocenters. The number of rotatable bonds is 0. The van der Waals surface area contributed by atoms with E-state index in [1.165, 1.54) is 5.52 Å². The van der Waals surface area contributed by atoms with Crippen molar-refractivity contribution in [2.24, 2.45) is 0 Å². The van der Waals surface area contributed by atoms with Gasteiger partial charge in [0.05, 0.1) is 11.0 Å². The first kappa shape index (κ1) is 6.77. The second-order valence-electron chi connectivity index (χ2n) is 3.43. The summed E-state index contributed by atoms with van der Waals surface area (Å²) in [6, 6.07) is 5.85. The maximum absolute atomic E-state index is 5.68. The van der Waals surface area contributed by atoms with Gasteiger partial charge in [-0.2, -0.15) is 0 Å². The average molecular weight is 174 g/mol. The van der Waals surface area contributed by atoms with Gasteiger partial charge < -0.3 is 10.6 Å². The second kappa shape index (κ2) is 1.96. The van der Waals surface area contributed by atoms with Gasteiger partial charge in [0.1, 0.15) is 6.67 Å². The van der Waals surface area contributed by atoms with Crippen LogP contribution < -0.4 is 10.6 Å². The molecule has 0 spiro atoms. The highest BCUT2D eigenvalue weighted by molar-refractivity contribution is 5.83. The smallest absolute Gasteiger partial charge is 0.209 e. The number of aromatic nitrogens is 2. The molecular weight excluding hydrogens is 164 g/mol. The number of fused-ring (bicyclic) bond motifs is 3. The zero-order chi connectivity index (χ0) is 9.00. The van der Waals surface area contributed by atoms with E-state index in [1.54, 1.807) is 0 Å². The molecule has 1 aromatic heterocycles. The van der Waals surface area contributed by atoms with E-state index >= 15 is 0 Å². The van der Waals surface area contributed by atoms with Crippen LogP contribution in [0.5, 0.6) is 0 Å². The van der Waals surface area contributed by atoms with Crippen LogP contribution in [0.25, 0.3) is 11.0 Å². The van der Waals surface area contributed by atoms with E-state index in [2.05, 4.69) is 14.5 Å². The van der Waals surface area contributed by atoms with Crippen molar-refractivity contribution in [1.82, 2.24) is 9.55 Å². The molecule has 0 saturated heterocycles. The van der Waals surface area contributed by atoms with Crippen LogP contribution >= 0.6 is 0 Å². The molecule has 66 valence electrons. The van der Waals surface area contributed by atoms with Gasteiger partial charge in [-0.1, -0.05) is 0 Å². The lowest BCUT2D eigenvalue weighted by Gasteiger charge is -2.29. The van der Waals surface area contributed by atoms with Crippen molar-refractivity contribution in [3.05, 3.63) is 18.2 Å². The molecule has 3 rings (SSSR count). The van der Waals surface area contributed by atoms with Crippen LogP contribution in [-0.2, 0) is 6.67 Å². The summed E-state index contributed by atoms with van der Waals surface area (Å²) in [5, 5.41) is 0. The maximum atomic E-state index is 5.68. The third kappa shape index (κ3) is 0.722. The summed E-state index contributed by atoms with van der Waals surface area (Å²) in [6.07, 6.45) is 0. The van der Waals surface area contributed by atoms with E-state index < -0.39 is 0 Å². The molecule has 2 aromatic rings. The summed E-state index contributed by atoms with van der Waals surface area (Å²) in [5.74, 6) is 1.03. The maximum Gasteiger partial charge on any atom is 0.209 e. The van der Waals surface area contributed by atoms with Crippen LogP contribution in [0.3, 0.4) is 0 Å². The van der Waals surface area contributed by atoms with Crippen molar-refractivity contribution in [3.63, 3.8) is 0 Å². The second-order valence-corrected chi connectivity index (χ2v) is 3.43. The van der Waals surface area contributed by atoms with Gasteiger partial charge >= 0.3 is 0 Å². The van der Waals surface area contributed by atoms with Gasteiger partial charge in [-0.25, -0.2) is 4.98 Å². The molecule has 0 unspecified atom stereocenters.